The normalized spacial score (nSPS) is 21.6. The van der Waals surface area contributed by atoms with Crippen LogP contribution in [0.25, 0.3) is 11.4 Å². The minimum absolute atomic E-state index is 0.0190. The highest BCUT2D eigenvalue weighted by Gasteiger charge is 2.58. The number of benzene rings is 1. The smallest absolute Gasteiger partial charge is 0.364 e. The number of thioether (sulfide) groups is 1. The Bertz CT molecular complexity index is 1330. The summed E-state index contributed by atoms with van der Waals surface area (Å²) in [5.41, 5.74) is 5.62. The molecule has 2 N–H and O–H groups in total. The zero-order valence-electron chi connectivity index (χ0n) is 20.1. The van der Waals surface area contributed by atoms with Crippen LogP contribution in [0, 0.1) is 11.2 Å². The topological polar surface area (TPSA) is 89.9 Å². The van der Waals surface area contributed by atoms with Crippen molar-refractivity contribution in [2.24, 2.45) is 18.2 Å². The molecule has 0 bridgehead atoms. The van der Waals surface area contributed by atoms with Crippen LogP contribution in [0.4, 0.5) is 17.6 Å². The highest BCUT2D eigenvalue weighted by molar-refractivity contribution is 7.99. The van der Waals surface area contributed by atoms with Crippen LogP contribution in [-0.4, -0.2) is 55.9 Å². The number of primary amides is 1. The molecule has 1 saturated carbocycles. The van der Waals surface area contributed by atoms with Gasteiger partial charge < -0.3 is 15.2 Å². The molecule has 1 spiro atoms. The van der Waals surface area contributed by atoms with E-state index in [9.17, 15) is 22.4 Å². The van der Waals surface area contributed by atoms with Crippen LogP contribution in [0.3, 0.4) is 0 Å². The summed E-state index contributed by atoms with van der Waals surface area (Å²) in [4.78, 5) is 17.7. The van der Waals surface area contributed by atoms with Gasteiger partial charge in [-0.05, 0) is 73.5 Å². The predicted octanol–water partition coefficient (Wildman–Crippen LogP) is 4.50. The van der Waals surface area contributed by atoms with Gasteiger partial charge in [0.2, 0.25) is 0 Å². The number of carbonyl (C=O) groups excluding carboxylic acids is 1. The number of nitrogens with zero attached hydrogens (tertiary/aromatic N) is 5. The molecule has 2 fully saturated rings. The van der Waals surface area contributed by atoms with E-state index in [4.69, 9.17) is 5.73 Å². The molecule has 2 atom stereocenters. The Morgan fingerprint density at radius 1 is 1.24 bits per heavy atom. The van der Waals surface area contributed by atoms with Crippen molar-refractivity contribution in [2.75, 3.05) is 25.4 Å². The Morgan fingerprint density at radius 3 is 2.78 bits per heavy atom. The monoisotopic (exact) mass is 534 g/mol. The number of alkyl halides is 3. The Morgan fingerprint density at radius 2 is 2.05 bits per heavy atom. The molecular formula is C25H26F4N6OS. The number of carbonyl (C=O) groups is 1. The van der Waals surface area contributed by atoms with E-state index in [-0.39, 0.29) is 17.0 Å². The van der Waals surface area contributed by atoms with Crippen LogP contribution in [0.2, 0.25) is 0 Å². The maximum absolute atomic E-state index is 14.5. The lowest BCUT2D eigenvalue weighted by atomic mass is 9.97. The second-order valence-corrected chi connectivity index (χ2v) is 10.8. The third-order valence-electron chi connectivity index (χ3n) is 7.31. The van der Waals surface area contributed by atoms with Gasteiger partial charge in [0.05, 0.1) is 5.56 Å². The molecule has 3 heterocycles. The summed E-state index contributed by atoms with van der Waals surface area (Å²) in [5.74, 6) is 0.0603. The number of hydrogen-bond donors (Lipinski definition) is 1. The molecule has 5 rings (SSSR count). The molecule has 3 aromatic rings. The number of hydrogen-bond acceptors (Lipinski definition) is 6. The van der Waals surface area contributed by atoms with Crippen molar-refractivity contribution in [1.82, 2.24) is 24.6 Å². The fourth-order valence-corrected chi connectivity index (χ4v) is 6.08. The first kappa shape index (κ1) is 25.7. The van der Waals surface area contributed by atoms with E-state index in [0.717, 1.165) is 55.9 Å². The lowest BCUT2D eigenvalue weighted by Gasteiger charge is -2.16. The molecule has 7 nitrogen and oxygen atoms in total. The summed E-state index contributed by atoms with van der Waals surface area (Å²) in [6, 6.07) is 6.25. The van der Waals surface area contributed by atoms with Crippen molar-refractivity contribution in [1.29, 1.82) is 0 Å². The van der Waals surface area contributed by atoms with E-state index >= 15 is 0 Å². The maximum atomic E-state index is 14.5. The Hall–Kier alpha value is -2.99. The Balaban J connectivity index is 1.11. The summed E-state index contributed by atoms with van der Waals surface area (Å²) in [6.07, 6.45) is -0.367. The van der Waals surface area contributed by atoms with Gasteiger partial charge in [-0.25, -0.2) is 4.39 Å². The van der Waals surface area contributed by atoms with Gasteiger partial charge in [0.1, 0.15) is 11.5 Å². The molecule has 12 heteroatoms. The molecule has 1 aliphatic carbocycles. The average Bonchev–Trinajstić information content (AvgIpc) is 3.18. The van der Waals surface area contributed by atoms with Crippen molar-refractivity contribution >= 4 is 17.7 Å². The molecular weight excluding hydrogens is 508 g/mol. The van der Waals surface area contributed by atoms with Gasteiger partial charge in [-0.3, -0.25) is 9.78 Å². The third kappa shape index (κ3) is 5.22. The second-order valence-electron chi connectivity index (χ2n) is 9.74. The van der Waals surface area contributed by atoms with Gasteiger partial charge in [0.15, 0.2) is 11.0 Å². The van der Waals surface area contributed by atoms with Crippen LogP contribution in [-0.2, 0) is 13.2 Å². The molecule has 0 unspecified atom stereocenters. The Kier molecular flexibility index (Phi) is 6.73. The van der Waals surface area contributed by atoms with Crippen molar-refractivity contribution in [3.05, 3.63) is 59.2 Å². The number of pyridine rings is 1. The zero-order chi connectivity index (χ0) is 26.4. The maximum Gasteiger partial charge on any atom is 0.416 e. The van der Waals surface area contributed by atoms with Crippen LogP contribution in [0.5, 0.6) is 0 Å². The number of halogens is 4. The highest BCUT2D eigenvalue weighted by Crippen LogP contribution is 2.64. The molecule has 1 aliphatic heterocycles. The van der Waals surface area contributed by atoms with E-state index in [1.165, 1.54) is 12.3 Å². The predicted molar refractivity (Wildman–Crippen MR) is 130 cm³/mol. The summed E-state index contributed by atoms with van der Waals surface area (Å²) in [7, 11) is 1.86. The van der Waals surface area contributed by atoms with E-state index in [2.05, 4.69) is 20.1 Å². The van der Waals surface area contributed by atoms with E-state index in [1.807, 2.05) is 11.6 Å². The van der Waals surface area contributed by atoms with Gasteiger partial charge in [-0.1, -0.05) is 17.8 Å². The molecule has 2 aromatic heterocycles. The first-order chi connectivity index (χ1) is 17.6. The van der Waals surface area contributed by atoms with Gasteiger partial charge in [0.25, 0.3) is 5.91 Å². The van der Waals surface area contributed by atoms with Crippen LogP contribution in [0.1, 0.15) is 46.8 Å². The first-order valence-corrected chi connectivity index (χ1v) is 12.9. The number of rotatable bonds is 8. The standard InChI is InChI=1S/C25H26F4N6OS/c1-34-22(15-5-7-31-20(11-15)21(30)36)32-33-23(34)37-10-2-8-35-9-6-24(14-35)13-18(24)17-4-3-16(12-19(17)26)25(27,28)29/h3-5,7,11-12,18H,2,6,8-10,13-14H2,1H3,(H2,30,36)/t18-,24+/m1/s1. The average molecular weight is 535 g/mol. The van der Waals surface area contributed by atoms with E-state index < -0.39 is 23.5 Å². The van der Waals surface area contributed by atoms with E-state index in [0.29, 0.717) is 23.0 Å². The SMILES string of the molecule is Cn1c(SCCCN2CC[C@]3(C[C@@H]3c3ccc(C(F)(F)F)cc3F)C2)nnc1-c1ccnc(C(N)=O)c1. The van der Waals surface area contributed by atoms with Crippen LogP contribution < -0.4 is 5.73 Å². The summed E-state index contributed by atoms with van der Waals surface area (Å²) >= 11 is 1.59. The number of nitrogens with two attached hydrogens (primary N) is 1. The zero-order valence-corrected chi connectivity index (χ0v) is 20.9. The Labute approximate surface area is 215 Å². The minimum atomic E-state index is -4.54. The van der Waals surface area contributed by atoms with Crippen molar-refractivity contribution in [3.8, 4) is 11.4 Å². The van der Waals surface area contributed by atoms with Gasteiger partial charge in [-0.15, -0.1) is 10.2 Å². The largest absolute Gasteiger partial charge is 0.416 e. The molecule has 2 aliphatic rings. The summed E-state index contributed by atoms with van der Waals surface area (Å²) in [6.45, 7) is 2.62. The summed E-state index contributed by atoms with van der Waals surface area (Å²) < 4.78 is 54.9. The van der Waals surface area contributed by atoms with E-state index in [1.54, 1.807) is 23.9 Å². The number of likely N-dealkylation sites (tertiary alicyclic amines) is 1. The number of amides is 1. The lowest BCUT2D eigenvalue weighted by molar-refractivity contribution is -0.137. The molecule has 1 aromatic carbocycles. The molecule has 1 amide bonds. The molecule has 1 saturated heterocycles. The van der Waals surface area contributed by atoms with Crippen molar-refractivity contribution in [2.45, 2.75) is 36.5 Å². The van der Waals surface area contributed by atoms with Crippen LogP contribution >= 0.6 is 11.8 Å². The molecule has 37 heavy (non-hydrogen) atoms. The first-order valence-electron chi connectivity index (χ1n) is 11.9. The third-order valence-corrected chi connectivity index (χ3v) is 8.42. The number of aromatic nitrogens is 4. The fraction of sp³-hybridized carbons (Fsp3) is 0.440. The van der Waals surface area contributed by atoms with Gasteiger partial charge in [-0.2, -0.15) is 13.2 Å². The molecule has 0 radical (unpaired) electrons. The second kappa shape index (κ2) is 9.71. The quantitative estimate of drug-likeness (QED) is 0.260. The highest BCUT2D eigenvalue weighted by atomic mass is 32.2. The minimum Gasteiger partial charge on any atom is -0.364 e. The molecule has 196 valence electrons. The van der Waals surface area contributed by atoms with Crippen molar-refractivity contribution in [3.63, 3.8) is 0 Å². The van der Waals surface area contributed by atoms with Gasteiger partial charge in [0, 0.05) is 31.1 Å². The van der Waals surface area contributed by atoms with Gasteiger partial charge >= 0.3 is 6.18 Å². The fourth-order valence-electron chi connectivity index (χ4n) is 5.25. The van der Waals surface area contributed by atoms with Crippen molar-refractivity contribution < 1.29 is 22.4 Å². The lowest BCUT2D eigenvalue weighted by Crippen LogP contribution is -2.23. The summed E-state index contributed by atoms with van der Waals surface area (Å²) in [5, 5.41) is 9.26. The van der Waals surface area contributed by atoms with Crippen LogP contribution in [0.15, 0.2) is 41.7 Å².